The van der Waals surface area contributed by atoms with Crippen molar-refractivity contribution in [2.45, 2.75) is 24.3 Å². The summed E-state index contributed by atoms with van der Waals surface area (Å²) in [5.41, 5.74) is 1.38. The molecule has 1 aromatic carbocycles. The van der Waals surface area contributed by atoms with E-state index in [0.717, 1.165) is 19.6 Å². The van der Waals surface area contributed by atoms with Crippen LogP contribution in [0.1, 0.15) is 13.3 Å². The summed E-state index contributed by atoms with van der Waals surface area (Å²) in [5.74, 6) is 0. The van der Waals surface area contributed by atoms with E-state index < -0.39 is 0 Å². The Bertz CT molecular complexity index is 340. The Kier molecular flexibility index (Phi) is 4.13. The molecule has 1 aliphatic rings. The maximum absolute atomic E-state index is 3.47. The number of thioether (sulfide) groups is 1. The van der Waals surface area contributed by atoms with E-state index in [1.807, 2.05) is 11.8 Å². The lowest BCUT2D eigenvalue weighted by Crippen LogP contribution is -2.51. The molecule has 1 saturated heterocycles. The van der Waals surface area contributed by atoms with Gasteiger partial charge in [0.05, 0.1) is 0 Å². The molecule has 1 unspecified atom stereocenters. The first-order valence-corrected chi connectivity index (χ1v) is 7.19. The van der Waals surface area contributed by atoms with E-state index in [-0.39, 0.29) is 0 Å². The molecule has 0 bridgehead atoms. The fourth-order valence-corrected chi connectivity index (χ4v) is 2.71. The molecule has 1 fully saturated rings. The fourth-order valence-electron chi connectivity index (χ4n) is 2.25. The van der Waals surface area contributed by atoms with Gasteiger partial charge in [-0.05, 0) is 30.9 Å². The summed E-state index contributed by atoms with van der Waals surface area (Å²) in [4.78, 5) is 3.89. The highest BCUT2D eigenvalue weighted by Gasteiger charge is 2.20. The molecule has 0 aliphatic carbocycles. The highest BCUT2D eigenvalue weighted by Crippen LogP contribution is 2.24. The Morgan fingerprint density at radius 3 is 3.12 bits per heavy atom. The van der Waals surface area contributed by atoms with Gasteiger partial charge in [0.2, 0.25) is 0 Å². The molecule has 2 nitrogen and oxygen atoms in total. The van der Waals surface area contributed by atoms with Crippen molar-refractivity contribution in [3.63, 3.8) is 0 Å². The van der Waals surface area contributed by atoms with Crippen LogP contribution >= 0.6 is 11.8 Å². The van der Waals surface area contributed by atoms with Crippen LogP contribution in [0.15, 0.2) is 29.2 Å². The summed E-state index contributed by atoms with van der Waals surface area (Å²) in [7, 11) is 0. The summed E-state index contributed by atoms with van der Waals surface area (Å²) in [5, 5.41) is 3.47. The van der Waals surface area contributed by atoms with E-state index in [1.54, 1.807) is 0 Å². The second kappa shape index (κ2) is 5.60. The number of anilines is 1. The largest absolute Gasteiger partial charge is 0.366 e. The molecule has 0 amide bonds. The first-order valence-electron chi connectivity index (χ1n) is 5.96. The molecular weight excluding hydrogens is 216 g/mol. The minimum absolute atomic E-state index is 0.644. The number of benzene rings is 1. The van der Waals surface area contributed by atoms with Crippen LogP contribution in [0.2, 0.25) is 0 Å². The standard InChI is InChI=1S/C13H20N2S/c1-3-11-10-14-7-8-15(11)12-5-4-6-13(9-12)16-2/h4-6,9,11,14H,3,7-8,10H2,1-2H3. The van der Waals surface area contributed by atoms with Gasteiger partial charge in [-0.3, -0.25) is 0 Å². The lowest BCUT2D eigenvalue weighted by molar-refractivity contribution is 0.466. The maximum atomic E-state index is 3.47. The zero-order valence-electron chi connectivity index (χ0n) is 10.1. The lowest BCUT2D eigenvalue weighted by Gasteiger charge is -2.37. The second-order valence-corrected chi connectivity index (χ2v) is 5.04. The molecule has 1 atom stereocenters. The summed E-state index contributed by atoms with van der Waals surface area (Å²) < 4.78 is 0. The lowest BCUT2D eigenvalue weighted by atomic mass is 10.1. The van der Waals surface area contributed by atoms with Crippen molar-refractivity contribution in [3.05, 3.63) is 24.3 Å². The highest BCUT2D eigenvalue weighted by molar-refractivity contribution is 7.98. The van der Waals surface area contributed by atoms with Gasteiger partial charge in [0, 0.05) is 36.3 Å². The highest BCUT2D eigenvalue weighted by atomic mass is 32.2. The first kappa shape index (κ1) is 11.8. The van der Waals surface area contributed by atoms with Crippen molar-refractivity contribution in [1.29, 1.82) is 0 Å². The zero-order valence-corrected chi connectivity index (χ0v) is 10.9. The third-order valence-electron chi connectivity index (χ3n) is 3.21. The molecule has 16 heavy (non-hydrogen) atoms. The van der Waals surface area contributed by atoms with Crippen LogP contribution in [0.3, 0.4) is 0 Å². The number of nitrogens with one attached hydrogen (secondary N) is 1. The Morgan fingerprint density at radius 1 is 1.50 bits per heavy atom. The van der Waals surface area contributed by atoms with Crippen LogP contribution < -0.4 is 10.2 Å². The van der Waals surface area contributed by atoms with Crippen molar-refractivity contribution in [2.75, 3.05) is 30.8 Å². The topological polar surface area (TPSA) is 15.3 Å². The van der Waals surface area contributed by atoms with Gasteiger partial charge < -0.3 is 10.2 Å². The van der Waals surface area contributed by atoms with Crippen molar-refractivity contribution >= 4 is 17.4 Å². The van der Waals surface area contributed by atoms with E-state index in [4.69, 9.17) is 0 Å². The summed E-state index contributed by atoms with van der Waals surface area (Å²) in [6.07, 6.45) is 3.34. The number of rotatable bonds is 3. The SMILES string of the molecule is CCC1CNCCN1c1cccc(SC)c1. The molecule has 3 heteroatoms. The predicted octanol–water partition coefficient (Wildman–Crippen LogP) is 2.60. The third kappa shape index (κ3) is 2.53. The number of hydrogen-bond acceptors (Lipinski definition) is 3. The van der Waals surface area contributed by atoms with Gasteiger partial charge >= 0.3 is 0 Å². The average Bonchev–Trinajstić information content (AvgIpc) is 2.38. The minimum atomic E-state index is 0.644. The van der Waals surface area contributed by atoms with Gasteiger partial charge in [0.1, 0.15) is 0 Å². The van der Waals surface area contributed by atoms with E-state index >= 15 is 0 Å². The third-order valence-corrected chi connectivity index (χ3v) is 3.93. The Balaban J connectivity index is 2.20. The molecule has 1 aliphatic heterocycles. The Morgan fingerprint density at radius 2 is 2.38 bits per heavy atom. The van der Waals surface area contributed by atoms with Gasteiger partial charge in [-0.2, -0.15) is 0 Å². The first-order chi connectivity index (χ1) is 7.85. The van der Waals surface area contributed by atoms with Crippen LogP contribution in [0.5, 0.6) is 0 Å². The zero-order chi connectivity index (χ0) is 11.4. The molecular formula is C13H20N2S. The van der Waals surface area contributed by atoms with Gasteiger partial charge in [-0.25, -0.2) is 0 Å². The van der Waals surface area contributed by atoms with E-state index in [0.29, 0.717) is 6.04 Å². The van der Waals surface area contributed by atoms with Crippen molar-refractivity contribution < 1.29 is 0 Å². The van der Waals surface area contributed by atoms with Crippen molar-refractivity contribution in [1.82, 2.24) is 5.32 Å². The molecule has 0 aromatic heterocycles. The molecule has 1 heterocycles. The number of nitrogens with zero attached hydrogens (tertiary/aromatic N) is 1. The van der Waals surface area contributed by atoms with Gasteiger partial charge in [-0.1, -0.05) is 13.0 Å². The van der Waals surface area contributed by atoms with Crippen LogP contribution in [0.25, 0.3) is 0 Å². The predicted molar refractivity (Wildman–Crippen MR) is 72.5 cm³/mol. The molecule has 0 saturated carbocycles. The number of hydrogen-bond donors (Lipinski definition) is 1. The average molecular weight is 236 g/mol. The molecule has 2 rings (SSSR count). The summed E-state index contributed by atoms with van der Waals surface area (Å²) in [6, 6.07) is 9.52. The van der Waals surface area contributed by atoms with E-state index in [1.165, 1.54) is 17.0 Å². The van der Waals surface area contributed by atoms with Crippen LogP contribution in [-0.2, 0) is 0 Å². The molecule has 1 aromatic rings. The maximum Gasteiger partial charge on any atom is 0.0412 e. The van der Waals surface area contributed by atoms with Crippen molar-refractivity contribution in [2.24, 2.45) is 0 Å². The van der Waals surface area contributed by atoms with E-state index in [9.17, 15) is 0 Å². The molecule has 1 N–H and O–H groups in total. The van der Waals surface area contributed by atoms with Crippen LogP contribution in [-0.4, -0.2) is 31.9 Å². The quantitative estimate of drug-likeness (QED) is 0.812. The van der Waals surface area contributed by atoms with Gasteiger partial charge in [-0.15, -0.1) is 11.8 Å². The van der Waals surface area contributed by atoms with E-state index in [2.05, 4.69) is 47.7 Å². The summed E-state index contributed by atoms with van der Waals surface area (Å²) in [6.45, 7) is 5.60. The monoisotopic (exact) mass is 236 g/mol. The molecule has 0 radical (unpaired) electrons. The normalized spacial score (nSPS) is 21.1. The number of piperazine rings is 1. The fraction of sp³-hybridized carbons (Fsp3) is 0.538. The Hall–Kier alpha value is -0.670. The Labute approximate surface area is 102 Å². The minimum Gasteiger partial charge on any atom is -0.366 e. The van der Waals surface area contributed by atoms with Crippen molar-refractivity contribution in [3.8, 4) is 0 Å². The molecule has 0 spiro atoms. The van der Waals surface area contributed by atoms with Gasteiger partial charge in [0.15, 0.2) is 0 Å². The van der Waals surface area contributed by atoms with Crippen LogP contribution in [0, 0.1) is 0 Å². The van der Waals surface area contributed by atoms with Crippen LogP contribution in [0.4, 0.5) is 5.69 Å². The molecule has 88 valence electrons. The summed E-state index contributed by atoms with van der Waals surface area (Å²) >= 11 is 1.81. The smallest absolute Gasteiger partial charge is 0.0412 e. The second-order valence-electron chi connectivity index (χ2n) is 4.16. The van der Waals surface area contributed by atoms with Gasteiger partial charge in [0.25, 0.3) is 0 Å².